The molecule has 2 N–H and O–H groups in total. The highest BCUT2D eigenvalue weighted by Gasteiger charge is 2.40. The molecule has 1 atom stereocenters. The highest BCUT2D eigenvalue weighted by molar-refractivity contribution is 7.55. The van der Waals surface area contributed by atoms with Crippen molar-refractivity contribution in [2.45, 2.75) is 78.0 Å². The lowest BCUT2D eigenvalue weighted by Crippen LogP contribution is -2.49. The summed E-state index contributed by atoms with van der Waals surface area (Å²) in [5, 5.41) is 12.4. The lowest BCUT2D eigenvalue weighted by molar-refractivity contribution is -0.149. The Morgan fingerprint density at radius 1 is 0.929 bits per heavy atom. The Morgan fingerprint density at radius 3 is 1.88 bits per heavy atom. The standard InChI is InChI=1S/C31H43N2O8P/c1-8-26(28(35)36)33(27(34)20-42(38,40-30(2,3)4)41-31(5,6)7)18-17-32-29(37)39-19-25-23-15-11-9-13-21(23)22-14-10-12-16-24(22)25/h9-16,25-26H,8,17-20H2,1-7H3,(H,32,37)(H,35,36). The molecule has 0 aliphatic heterocycles. The molecule has 42 heavy (non-hydrogen) atoms. The minimum atomic E-state index is -3.98. The molecule has 11 heteroatoms. The van der Waals surface area contributed by atoms with E-state index in [2.05, 4.69) is 5.32 Å². The van der Waals surface area contributed by atoms with Gasteiger partial charge in [-0.3, -0.25) is 9.36 Å². The van der Waals surface area contributed by atoms with Crippen molar-refractivity contribution < 1.29 is 37.8 Å². The van der Waals surface area contributed by atoms with Gasteiger partial charge in [0.2, 0.25) is 5.91 Å². The molecule has 0 aromatic heterocycles. The van der Waals surface area contributed by atoms with Gasteiger partial charge in [-0.25, -0.2) is 9.59 Å². The molecule has 230 valence electrons. The SMILES string of the molecule is CCC(C(=O)O)N(CCNC(=O)OCC1c2ccccc2-c2ccccc21)C(=O)CP(=O)(OC(C)(C)C)OC(C)(C)C. The molecule has 1 aliphatic rings. The molecule has 3 rings (SSSR count). The monoisotopic (exact) mass is 602 g/mol. The first-order valence-electron chi connectivity index (χ1n) is 14.2. The third-order valence-electron chi connectivity index (χ3n) is 6.49. The Kier molecular flexibility index (Phi) is 10.6. The van der Waals surface area contributed by atoms with Crippen molar-refractivity contribution in [2.24, 2.45) is 0 Å². The molecule has 0 heterocycles. The average Bonchev–Trinajstić information content (AvgIpc) is 3.18. The Morgan fingerprint density at radius 2 is 1.43 bits per heavy atom. The third-order valence-corrected chi connectivity index (χ3v) is 8.80. The van der Waals surface area contributed by atoms with Gasteiger partial charge in [-0.15, -0.1) is 0 Å². The summed E-state index contributed by atoms with van der Waals surface area (Å²) in [6.07, 6.45) is -1.22. The number of nitrogens with zero attached hydrogens (tertiary/aromatic N) is 1. The molecule has 0 saturated carbocycles. The Hall–Kier alpha value is -3.20. The summed E-state index contributed by atoms with van der Waals surface area (Å²) >= 11 is 0. The summed E-state index contributed by atoms with van der Waals surface area (Å²) < 4.78 is 30.7. The fraction of sp³-hybridized carbons (Fsp3) is 0.516. The molecular formula is C31H43N2O8P. The number of alkyl carbamates (subject to hydrolysis) is 1. The number of benzene rings is 2. The van der Waals surface area contributed by atoms with Gasteiger partial charge >= 0.3 is 19.7 Å². The number of aliphatic carboxylic acids is 1. The smallest absolute Gasteiger partial charge is 0.407 e. The Bertz CT molecular complexity index is 1270. The molecule has 2 aromatic carbocycles. The summed E-state index contributed by atoms with van der Waals surface area (Å²) in [7, 11) is -3.98. The second-order valence-corrected chi connectivity index (χ2v) is 14.2. The molecule has 2 aromatic rings. The summed E-state index contributed by atoms with van der Waals surface area (Å²) in [5.74, 6) is -2.04. The largest absolute Gasteiger partial charge is 0.480 e. The van der Waals surface area contributed by atoms with Crippen molar-refractivity contribution in [1.82, 2.24) is 10.2 Å². The van der Waals surface area contributed by atoms with Crippen LogP contribution in [0.5, 0.6) is 0 Å². The molecule has 0 radical (unpaired) electrons. The molecule has 0 spiro atoms. The fourth-order valence-electron chi connectivity index (χ4n) is 5.08. The first-order valence-corrected chi connectivity index (χ1v) is 15.9. The summed E-state index contributed by atoms with van der Waals surface area (Å²) in [6.45, 7) is 11.7. The first kappa shape index (κ1) is 33.3. The maximum absolute atomic E-state index is 13.7. The highest BCUT2D eigenvalue weighted by atomic mass is 31.2. The van der Waals surface area contributed by atoms with Crippen LogP contribution < -0.4 is 5.32 Å². The van der Waals surface area contributed by atoms with Crippen LogP contribution in [0.4, 0.5) is 4.79 Å². The Balaban J connectivity index is 1.66. The first-order chi connectivity index (χ1) is 19.5. The number of hydrogen-bond donors (Lipinski definition) is 2. The lowest BCUT2D eigenvalue weighted by Gasteiger charge is -2.34. The van der Waals surface area contributed by atoms with Gasteiger partial charge in [0.05, 0.1) is 11.2 Å². The molecule has 10 nitrogen and oxygen atoms in total. The van der Waals surface area contributed by atoms with Crippen LogP contribution in [0.3, 0.4) is 0 Å². The quantitative estimate of drug-likeness (QED) is 0.281. The normalized spacial score (nSPS) is 14.1. The molecule has 0 fully saturated rings. The van der Waals surface area contributed by atoms with E-state index >= 15 is 0 Å². The van der Waals surface area contributed by atoms with Crippen molar-refractivity contribution in [3.63, 3.8) is 0 Å². The minimum Gasteiger partial charge on any atom is -0.480 e. The number of rotatable bonds is 12. The Labute approximate surface area is 248 Å². The number of carboxylic acids is 1. The van der Waals surface area contributed by atoms with E-state index in [0.717, 1.165) is 27.2 Å². The maximum atomic E-state index is 13.7. The van der Waals surface area contributed by atoms with Gasteiger partial charge in [0.15, 0.2) is 0 Å². The van der Waals surface area contributed by atoms with Gasteiger partial charge in [0.25, 0.3) is 0 Å². The molecule has 2 amide bonds. The third kappa shape index (κ3) is 8.90. The number of ether oxygens (including phenoxy) is 1. The molecule has 1 unspecified atom stereocenters. The van der Waals surface area contributed by atoms with E-state index in [4.69, 9.17) is 13.8 Å². The number of fused-ring (bicyclic) bond motifs is 3. The summed E-state index contributed by atoms with van der Waals surface area (Å²) in [6, 6.07) is 14.8. The number of carboxylic acid groups (broad SMARTS) is 1. The zero-order valence-corrected chi connectivity index (χ0v) is 26.4. The minimum absolute atomic E-state index is 0.0727. The topological polar surface area (TPSA) is 131 Å². The molecular weight excluding hydrogens is 559 g/mol. The van der Waals surface area contributed by atoms with Crippen molar-refractivity contribution in [2.75, 3.05) is 25.9 Å². The predicted octanol–water partition coefficient (Wildman–Crippen LogP) is 6.04. The van der Waals surface area contributed by atoms with Crippen molar-refractivity contribution in [3.8, 4) is 11.1 Å². The van der Waals surface area contributed by atoms with Crippen LogP contribution in [-0.2, 0) is 27.9 Å². The number of carbonyl (C=O) groups excluding carboxylic acids is 2. The number of nitrogens with one attached hydrogen (secondary N) is 1. The van der Waals surface area contributed by atoms with Gasteiger partial charge in [0.1, 0.15) is 18.8 Å². The zero-order chi connectivity index (χ0) is 31.3. The van der Waals surface area contributed by atoms with E-state index in [1.165, 1.54) is 0 Å². The number of hydrogen-bond acceptors (Lipinski definition) is 7. The second kappa shape index (κ2) is 13.4. The molecule has 1 aliphatic carbocycles. The van der Waals surface area contributed by atoms with Gasteiger partial charge in [0, 0.05) is 19.0 Å². The fourth-order valence-corrected chi connectivity index (χ4v) is 7.43. The van der Waals surface area contributed by atoms with Crippen LogP contribution in [0.25, 0.3) is 11.1 Å². The lowest BCUT2D eigenvalue weighted by atomic mass is 9.98. The van der Waals surface area contributed by atoms with E-state index < -0.39 is 49.0 Å². The van der Waals surface area contributed by atoms with E-state index in [1.54, 1.807) is 48.5 Å². The summed E-state index contributed by atoms with van der Waals surface area (Å²) in [4.78, 5) is 39.2. The van der Waals surface area contributed by atoms with Gasteiger partial charge < -0.3 is 29.1 Å². The zero-order valence-electron chi connectivity index (χ0n) is 25.5. The number of amides is 2. The van der Waals surface area contributed by atoms with E-state index in [1.807, 2.05) is 48.5 Å². The summed E-state index contributed by atoms with van der Waals surface area (Å²) in [5.41, 5.74) is 2.62. The average molecular weight is 603 g/mol. The van der Waals surface area contributed by atoms with Crippen molar-refractivity contribution in [1.29, 1.82) is 0 Å². The predicted molar refractivity (Wildman–Crippen MR) is 161 cm³/mol. The van der Waals surface area contributed by atoms with Gasteiger partial charge in [-0.2, -0.15) is 0 Å². The molecule has 0 saturated heterocycles. The van der Waals surface area contributed by atoms with Gasteiger partial charge in [-0.1, -0.05) is 55.5 Å². The van der Waals surface area contributed by atoms with Crippen molar-refractivity contribution >= 4 is 25.6 Å². The van der Waals surface area contributed by atoms with Gasteiger partial charge in [-0.05, 0) is 70.2 Å². The molecule has 0 bridgehead atoms. The van der Waals surface area contributed by atoms with Crippen LogP contribution >= 0.6 is 7.60 Å². The highest BCUT2D eigenvalue weighted by Crippen LogP contribution is 2.54. The van der Waals surface area contributed by atoms with Crippen LogP contribution in [0.2, 0.25) is 0 Å². The van der Waals surface area contributed by atoms with Crippen LogP contribution in [0.15, 0.2) is 48.5 Å². The van der Waals surface area contributed by atoms with E-state index in [9.17, 15) is 24.1 Å². The maximum Gasteiger partial charge on any atom is 0.407 e. The van der Waals surface area contributed by atoms with Crippen LogP contribution in [0, 0.1) is 0 Å². The van der Waals surface area contributed by atoms with Crippen molar-refractivity contribution in [3.05, 3.63) is 59.7 Å². The van der Waals surface area contributed by atoms with E-state index in [0.29, 0.717) is 0 Å². The second-order valence-electron chi connectivity index (χ2n) is 12.3. The van der Waals surface area contributed by atoms with Crippen LogP contribution in [-0.4, -0.2) is 71.1 Å². The van der Waals surface area contributed by atoms with E-state index in [-0.39, 0.29) is 32.0 Å². The number of carbonyl (C=O) groups is 3. The van der Waals surface area contributed by atoms with Crippen LogP contribution in [0.1, 0.15) is 71.9 Å².